The Labute approximate surface area is 180 Å². The molecule has 172 valence electrons. The van der Waals surface area contributed by atoms with Gasteiger partial charge >= 0.3 is 18.0 Å². The molecule has 0 fully saturated rings. The molecule has 0 aliphatic heterocycles. The smallest absolute Gasteiger partial charge is 0.407 e. The van der Waals surface area contributed by atoms with Gasteiger partial charge in [0.25, 0.3) is 5.91 Å². The van der Waals surface area contributed by atoms with E-state index in [9.17, 15) is 24.3 Å². The predicted molar refractivity (Wildman–Crippen MR) is 112 cm³/mol. The Morgan fingerprint density at radius 2 is 1.52 bits per heavy atom. The van der Waals surface area contributed by atoms with Crippen LogP contribution in [0.2, 0.25) is 0 Å². The van der Waals surface area contributed by atoms with Crippen LogP contribution in [0, 0.1) is 0 Å². The maximum atomic E-state index is 11.9. The molecule has 1 aromatic rings. The first-order valence-corrected chi connectivity index (χ1v) is 9.97. The molecule has 1 rings (SSSR count). The zero-order chi connectivity index (χ0) is 23.4. The molecule has 0 saturated carbocycles. The highest BCUT2D eigenvalue weighted by atomic mass is 16.6. The fourth-order valence-corrected chi connectivity index (χ4v) is 2.58. The first kappa shape index (κ1) is 25.7. The number of carboxylic acid groups (broad SMARTS) is 2. The van der Waals surface area contributed by atoms with Gasteiger partial charge in [0, 0.05) is 13.1 Å². The number of aromatic carboxylic acids is 2. The van der Waals surface area contributed by atoms with E-state index in [1.54, 1.807) is 20.8 Å². The van der Waals surface area contributed by atoms with Crippen molar-refractivity contribution in [3.05, 3.63) is 29.3 Å². The predicted octanol–water partition coefficient (Wildman–Crippen LogP) is 2.66. The van der Waals surface area contributed by atoms with E-state index < -0.39 is 47.3 Å². The van der Waals surface area contributed by atoms with Crippen LogP contribution in [-0.4, -0.2) is 59.4 Å². The highest BCUT2D eigenvalue weighted by Crippen LogP contribution is 2.22. The molecule has 10 heteroatoms. The normalized spacial score (nSPS) is 10.8. The Balaban J connectivity index is 2.24. The van der Waals surface area contributed by atoms with Crippen LogP contribution in [0.15, 0.2) is 18.2 Å². The fraction of sp³-hybridized carbons (Fsp3) is 0.524. The van der Waals surface area contributed by atoms with Gasteiger partial charge in [-0.25, -0.2) is 14.4 Å². The van der Waals surface area contributed by atoms with Crippen LogP contribution in [0.5, 0.6) is 5.75 Å². The minimum Gasteiger partial charge on any atom is -0.483 e. The van der Waals surface area contributed by atoms with Crippen LogP contribution in [0.1, 0.15) is 67.2 Å². The first-order chi connectivity index (χ1) is 14.5. The summed E-state index contributed by atoms with van der Waals surface area (Å²) in [6.07, 6.45) is 2.79. The Morgan fingerprint density at radius 3 is 2.06 bits per heavy atom. The largest absolute Gasteiger partial charge is 0.483 e. The van der Waals surface area contributed by atoms with Gasteiger partial charge in [-0.15, -0.1) is 0 Å². The van der Waals surface area contributed by atoms with Gasteiger partial charge in [0.1, 0.15) is 16.9 Å². The lowest BCUT2D eigenvalue weighted by Crippen LogP contribution is -2.33. The molecular formula is C21H30N2O8. The summed E-state index contributed by atoms with van der Waals surface area (Å²) in [5, 5.41) is 23.6. The number of rotatable bonds is 12. The number of alkyl carbamates (subject to hydrolysis) is 1. The van der Waals surface area contributed by atoms with Gasteiger partial charge in [0.15, 0.2) is 6.61 Å². The van der Waals surface area contributed by atoms with Crippen LogP contribution in [0.25, 0.3) is 0 Å². The zero-order valence-corrected chi connectivity index (χ0v) is 18.0. The van der Waals surface area contributed by atoms with E-state index >= 15 is 0 Å². The van der Waals surface area contributed by atoms with Crippen molar-refractivity contribution in [3.8, 4) is 5.75 Å². The summed E-state index contributed by atoms with van der Waals surface area (Å²) in [5.41, 5.74) is -1.44. The number of hydrogen-bond acceptors (Lipinski definition) is 6. The van der Waals surface area contributed by atoms with E-state index in [1.165, 1.54) is 12.1 Å². The Hall–Kier alpha value is -3.30. The van der Waals surface area contributed by atoms with Crippen molar-refractivity contribution in [3.63, 3.8) is 0 Å². The molecule has 0 bridgehead atoms. The van der Waals surface area contributed by atoms with E-state index in [2.05, 4.69) is 10.6 Å². The molecule has 0 radical (unpaired) electrons. The molecule has 0 aliphatic carbocycles. The molecule has 0 saturated heterocycles. The van der Waals surface area contributed by atoms with Crippen LogP contribution in [-0.2, 0) is 9.53 Å². The lowest BCUT2D eigenvalue weighted by atomic mass is 10.1. The van der Waals surface area contributed by atoms with Crippen LogP contribution < -0.4 is 15.4 Å². The fourth-order valence-electron chi connectivity index (χ4n) is 2.58. The Bertz CT molecular complexity index is 786. The van der Waals surface area contributed by atoms with Gasteiger partial charge < -0.3 is 30.3 Å². The third-order valence-corrected chi connectivity index (χ3v) is 3.92. The highest BCUT2D eigenvalue weighted by molar-refractivity contribution is 6.03. The summed E-state index contributed by atoms with van der Waals surface area (Å²) in [5.74, 6) is -3.47. The summed E-state index contributed by atoms with van der Waals surface area (Å²) < 4.78 is 10.3. The minimum atomic E-state index is -1.45. The van der Waals surface area contributed by atoms with E-state index in [0.717, 1.165) is 31.7 Å². The van der Waals surface area contributed by atoms with Gasteiger partial charge in [0.05, 0.1) is 5.56 Å². The second kappa shape index (κ2) is 12.4. The summed E-state index contributed by atoms with van der Waals surface area (Å²) in [6.45, 7) is 5.89. The molecule has 0 atom stereocenters. The number of carbonyl (C=O) groups excluding carboxylic acids is 2. The van der Waals surface area contributed by atoms with Crippen molar-refractivity contribution in [2.45, 2.75) is 52.1 Å². The molecule has 0 aromatic heterocycles. The molecule has 0 unspecified atom stereocenters. The molecule has 31 heavy (non-hydrogen) atoms. The average molecular weight is 438 g/mol. The van der Waals surface area contributed by atoms with Crippen LogP contribution in [0.3, 0.4) is 0 Å². The lowest BCUT2D eigenvalue weighted by Gasteiger charge is -2.19. The summed E-state index contributed by atoms with van der Waals surface area (Å²) >= 11 is 0. The quantitative estimate of drug-likeness (QED) is 0.364. The molecule has 0 heterocycles. The summed E-state index contributed by atoms with van der Waals surface area (Å²) in [4.78, 5) is 45.9. The number of carbonyl (C=O) groups is 4. The van der Waals surface area contributed by atoms with Crippen LogP contribution >= 0.6 is 0 Å². The van der Waals surface area contributed by atoms with Crippen molar-refractivity contribution >= 4 is 23.9 Å². The number of ether oxygens (including phenoxy) is 2. The molecule has 0 spiro atoms. The monoisotopic (exact) mass is 438 g/mol. The number of nitrogens with one attached hydrogen (secondary N) is 2. The molecule has 2 amide bonds. The molecule has 0 aliphatic rings. The third kappa shape index (κ3) is 10.3. The summed E-state index contributed by atoms with van der Waals surface area (Å²) in [7, 11) is 0. The average Bonchev–Trinajstić information content (AvgIpc) is 2.66. The first-order valence-electron chi connectivity index (χ1n) is 9.97. The maximum Gasteiger partial charge on any atom is 0.407 e. The van der Waals surface area contributed by atoms with Gasteiger partial charge in [0.2, 0.25) is 0 Å². The summed E-state index contributed by atoms with van der Waals surface area (Å²) in [6, 6.07) is 3.80. The standard InChI is InChI=1S/C21H30N2O8/c1-21(2,3)31-20(29)23-12-7-5-4-6-11-22-16(24)13-30-15-10-8-9-14(18(25)26)17(15)19(27)28/h8-10H,4-7,11-13H2,1-3H3,(H,22,24)(H,23,29)(H,25,26)(H,27,28). The number of benzene rings is 1. The van der Waals surface area contributed by atoms with E-state index in [1.807, 2.05) is 0 Å². The van der Waals surface area contributed by atoms with Gasteiger partial charge in [-0.1, -0.05) is 18.9 Å². The SMILES string of the molecule is CC(C)(C)OC(=O)NCCCCCCNC(=O)COc1cccc(C(=O)O)c1C(=O)O. The number of carboxylic acids is 2. The van der Waals surface area contributed by atoms with Gasteiger partial charge in [-0.05, 0) is 45.7 Å². The van der Waals surface area contributed by atoms with Crippen molar-refractivity contribution in [1.82, 2.24) is 10.6 Å². The Morgan fingerprint density at radius 1 is 0.903 bits per heavy atom. The number of hydrogen-bond donors (Lipinski definition) is 4. The number of unbranched alkanes of at least 4 members (excludes halogenated alkanes) is 3. The van der Waals surface area contributed by atoms with Crippen molar-refractivity contribution in [2.24, 2.45) is 0 Å². The van der Waals surface area contributed by atoms with Gasteiger partial charge in [-0.3, -0.25) is 4.79 Å². The van der Waals surface area contributed by atoms with Crippen LogP contribution in [0.4, 0.5) is 4.79 Å². The molecule has 4 N–H and O–H groups in total. The second-order valence-electron chi connectivity index (χ2n) is 7.77. The van der Waals surface area contributed by atoms with Crippen molar-refractivity contribution in [2.75, 3.05) is 19.7 Å². The minimum absolute atomic E-state index is 0.181. The topological polar surface area (TPSA) is 151 Å². The van der Waals surface area contributed by atoms with E-state index in [4.69, 9.17) is 14.6 Å². The van der Waals surface area contributed by atoms with Crippen molar-refractivity contribution in [1.29, 1.82) is 0 Å². The van der Waals surface area contributed by atoms with Crippen molar-refractivity contribution < 1.29 is 38.9 Å². The third-order valence-electron chi connectivity index (χ3n) is 3.92. The Kier molecular flexibility index (Phi) is 10.3. The molecular weight excluding hydrogens is 408 g/mol. The maximum absolute atomic E-state index is 11.9. The van der Waals surface area contributed by atoms with E-state index in [-0.39, 0.29) is 5.75 Å². The zero-order valence-electron chi connectivity index (χ0n) is 18.0. The lowest BCUT2D eigenvalue weighted by molar-refractivity contribution is -0.123. The second-order valence-corrected chi connectivity index (χ2v) is 7.77. The van der Waals surface area contributed by atoms with Gasteiger partial charge in [-0.2, -0.15) is 0 Å². The number of amides is 2. The molecule has 1 aromatic carbocycles. The molecule has 10 nitrogen and oxygen atoms in total. The highest BCUT2D eigenvalue weighted by Gasteiger charge is 2.21. The van der Waals surface area contributed by atoms with E-state index in [0.29, 0.717) is 13.1 Å².